The van der Waals surface area contributed by atoms with E-state index < -0.39 is 35.8 Å². The fourth-order valence-electron chi connectivity index (χ4n) is 4.62. The van der Waals surface area contributed by atoms with Crippen LogP contribution >= 0.6 is 0 Å². The zero-order chi connectivity index (χ0) is 29.9. The maximum atomic E-state index is 13.5. The number of hydrogen-bond donors (Lipinski definition) is 4. The van der Waals surface area contributed by atoms with Gasteiger partial charge in [0.2, 0.25) is 11.8 Å². The molecule has 3 aromatic carbocycles. The number of rotatable bonds is 13. The molecule has 42 heavy (non-hydrogen) atoms. The number of primary amides is 1. The van der Waals surface area contributed by atoms with E-state index in [-0.39, 0.29) is 25.9 Å². The number of fused-ring (bicyclic) bond motifs is 1. The Morgan fingerprint density at radius 1 is 0.905 bits per heavy atom. The number of aromatic nitrogens is 1. The van der Waals surface area contributed by atoms with Gasteiger partial charge < -0.3 is 26.1 Å². The highest BCUT2D eigenvalue weighted by molar-refractivity contribution is 5.99. The molecule has 0 unspecified atom stereocenters. The molecular weight excluding hydrogens is 532 g/mol. The number of nitrogens with one attached hydrogen (secondary N) is 3. The molecule has 0 spiro atoms. The molecule has 2 atom stereocenters. The Morgan fingerprint density at radius 3 is 2.40 bits per heavy atom. The first-order chi connectivity index (χ1) is 20.3. The molecule has 9 nitrogen and oxygen atoms in total. The number of H-pyrrole nitrogens is 1. The van der Waals surface area contributed by atoms with Gasteiger partial charge in [0.25, 0.3) is 5.91 Å². The van der Waals surface area contributed by atoms with Gasteiger partial charge in [-0.2, -0.15) is 0 Å². The number of carbonyl (C=O) groups is 4. The zero-order valence-corrected chi connectivity index (χ0v) is 23.3. The van der Waals surface area contributed by atoms with Crippen molar-refractivity contribution in [3.63, 3.8) is 0 Å². The summed E-state index contributed by atoms with van der Waals surface area (Å²) in [6.07, 6.45) is 3.05. The Labute approximate surface area is 244 Å². The highest BCUT2D eigenvalue weighted by Gasteiger charge is 2.25. The summed E-state index contributed by atoms with van der Waals surface area (Å²) in [5, 5.41) is 7.81. The van der Waals surface area contributed by atoms with Gasteiger partial charge in [-0.3, -0.25) is 14.4 Å². The molecule has 0 saturated carbocycles. The SMILES string of the molecule is CCOC(=O)/C=C/[C@@H](CCC(N)=O)NC(=O)[C@@H](Cc1ccccc1)NC(=O)c1ccc(-c2cccc3ccccc23)[nH]1. The van der Waals surface area contributed by atoms with Gasteiger partial charge in [0, 0.05) is 36.2 Å². The smallest absolute Gasteiger partial charge is 0.330 e. The molecule has 0 bridgehead atoms. The molecule has 3 amide bonds. The van der Waals surface area contributed by atoms with Crippen molar-refractivity contribution >= 4 is 34.5 Å². The van der Waals surface area contributed by atoms with E-state index in [1.54, 1.807) is 13.0 Å². The van der Waals surface area contributed by atoms with E-state index in [2.05, 4.69) is 15.6 Å². The summed E-state index contributed by atoms with van der Waals surface area (Å²) < 4.78 is 4.92. The summed E-state index contributed by atoms with van der Waals surface area (Å²) >= 11 is 0. The standard InChI is InChI=1S/C33H34N4O5/c1-2-42-31(39)20-16-24(15-19-30(34)38)35-33(41)29(21-22-9-4-3-5-10-22)37-32(40)28-18-17-27(36-28)26-14-8-12-23-11-6-7-13-25(23)26/h3-14,16-18,20,24,29,36H,2,15,19,21H2,1H3,(H2,34,38)(H,35,41)(H,37,40)/b20-16+/t24-,29-/m1/s1. The molecule has 5 N–H and O–H groups in total. The molecule has 0 aliphatic rings. The highest BCUT2D eigenvalue weighted by atomic mass is 16.5. The first-order valence-corrected chi connectivity index (χ1v) is 13.8. The third-order valence-electron chi connectivity index (χ3n) is 6.70. The lowest BCUT2D eigenvalue weighted by atomic mass is 10.0. The van der Waals surface area contributed by atoms with Gasteiger partial charge in [-0.05, 0) is 41.8 Å². The molecule has 9 heteroatoms. The minimum absolute atomic E-state index is 0.00670. The molecular formula is C33H34N4O5. The minimum Gasteiger partial charge on any atom is -0.463 e. The second kappa shape index (κ2) is 14.5. The van der Waals surface area contributed by atoms with E-state index in [1.807, 2.05) is 78.9 Å². The van der Waals surface area contributed by atoms with Crippen LogP contribution in [0, 0.1) is 0 Å². The summed E-state index contributed by atoms with van der Waals surface area (Å²) in [5.74, 6) is -2.04. The van der Waals surface area contributed by atoms with E-state index >= 15 is 0 Å². The molecule has 0 aliphatic heterocycles. The van der Waals surface area contributed by atoms with Crippen LogP contribution in [-0.2, 0) is 25.5 Å². The number of nitrogens with two attached hydrogens (primary N) is 1. The average molecular weight is 567 g/mol. The van der Waals surface area contributed by atoms with Crippen molar-refractivity contribution in [3.05, 3.63) is 108 Å². The number of ether oxygens (including phenoxy) is 1. The van der Waals surface area contributed by atoms with Gasteiger partial charge in [0.15, 0.2) is 0 Å². The monoisotopic (exact) mass is 566 g/mol. The van der Waals surface area contributed by atoms with Crippen LogP contribution in [0.5, 0.6) is 0 Å². The Kier molecular flexibility index (Phi) is 10.3. The fourth-order valence-corrected chi connectivity index (χ4v) is 4.62. The highest BCUT2D eigenvalue weighted by Crippen LogP contribution is 2.28. The fraction of sp³-hybridized carbons (Fsp3) is 0.212. The lowest BCUT2D eigenvalue weighted by molar-refractivity contribution is -0.137. The van der Waals surface area contributed by atoms with Crippen molar-refractivity contribution in [2.75, 3.05) is 6.61 Å². The Bertz CT molecular complexity index is 1570. The molecule has 0 saturated heterocycles. The van der Waals surface area contributed by atoms with Gasteiger partial charge >= 0.3 is 5.97 Å². The quantitative estimate of drug-likeness (QED) is 0.143. The van der Waals surface area contributed by atoms with Crippen molar-refractivity contribution in [2.24, 2.45) is 5.73 Å². The number of amides is 3. The van der Waals surface area contributed by atoms with Gasteiger partial charge in [-0.25, -0.2) is 4.79 Å². The second-order valence-electron chi connectivity index (χ2n) is 9.76. The maximum absolute atomic E-state index is 13.5. The van der Waals surface area contributed by atoms with Crippen molar-refractivity contribution in [1.82, 2.24) is 15.6 Å². The van der Waals surface area contributed by atoms with Crippen molar-refractivity contribution in [1.29, 1.82) is 0 Å². The van der Waals surface area contributed by atoms with Crippen LogP contribution in [0.1, 0.15) is 35.8 Å². The molecule has 1 aromatic heterocycles. The Hall–Kier alpha value is -5.18. The van der Waals surface area contributed by atoms with E-state index in [0.717, 1.165) is 27.6 Å². The summed E-state index contributed by atoms with van der Waals surface area (Å²) in [6, 6.07) is 25.2. The van der Waals surface area contributed by atoms with Gasteiger partial charge in [0.1, 0.15) is 11.7 Å². The number of esters is 1. The van der Waals surface area contributed by atoms with Gasteiger partial charge in [-0.1, -0.05) is 78.9 Å². The van der Waals surface area contributed by atoms with Crippen molar-refractivity contribution in [2.45, 2.75) is 38.3 Å². The predicted octanol–water partition coefficient (Wildman–Crippen LogP) is 4.05. The summed E-state index contributed by atoms with van der Waals surface area (Å²) in [5.41, 5.74) is 8.19. The van der Waals surface area contributed by atoms with E-state index in [9.17, 15) is 19.2 Å². The maximum Gasteiger partial charge on any atom is 0.330 e. The molecule has 1 heterocycles. The van der Waals surface area contributed by atoms with Crippen LogP contribution in [-0.4, -0.2) is 47.4 Å². The number of benzene rings is 3. The van der Waals surface area contributed by atoms with Crippen LogP contribution in [0.25, 0.3) is 22.0 Å². The molecule has 0 radical (unpaired) electrons. The lowest BCUT2D eigenvalue weighted by Gasteiger charge is -2.22. The average Bonchev–Trinajstić information content (AvgIpc) is 3.49. The van der Waals surface area contributed by atoms with Crippen LogP contribution in [0.4, 0.5) is 0 Å². The normalized spacial score (nSPS) is 12.5. The van der Waals surface area contributed by atoms with E-state index in [1.165, 1.54) is 12.2 Å². The molecule has 0 aliphatic carbocycles. The van der Waals surface area contributed by atoms with Gasteiger partial charge in [0.05, 0.1) is 6.61 Å². The number of aromatic amines is 1. The molecule has 4 aromatic rings. The van der Waals surface area contributed by atoms with Crippen LogP contribution in [0.2, 0.25) is 0 Å². The van der Waals surface area contributed by atoms with Crippen molar-refractivity contribution in [3.8, 4) is 11.3 Å². The van der Waals surface area contributed by atoms with Crippen molar-refractivity contribution < 1.29 is 23.9 Å². The lowest BCUT2D eigenvalue weighted by Crippen LogP contribution is -2.50. The zero-order valence-electron chi connectivity index (χ0n) is 23.3. The van der Waals surface area contributed by atoms with E-state index in [4.69, 9.17) is 10.5 Å². The molecule has 216 valence electrons. The Morgan fingerprint density at radius 2 is 1.64 bits per heavy atom. The van der Waals surface area contributed by atoms with Crippen LogP contribution in [0.3, 0.4) is 0 Å². The number of hydrogen-bond acceptors (Lipinski definition) is 5. The molecule has 0 fully saturated rings. The third-order valence-corrected chi connectivity index (χ3v) is 6.70. The topological polar surface area (TPSA) is 143 Å². The summed E-state index contributed by atoms with van der Waals surface area (Å²) in [7, 11) is 0. The van der Waals surface area contributed by atoms with Crippen LogP contribution < -0.4 is 16.4 Å². The van der Waals surface area contributed by atoms with Gasteiger partial charge in [-0.15, -0.1) is 0 Å². The number of carbonyl (C=O) groups excluding carboxylic acids is 4. The summed E-state index contributed by atoms with van der Waals surface area (Å²) in [4.78, 5) is 53.4. The van der Waals surface area contributed by atoms with Crippen LogP contribution in [0.15, 0.2) is 97.1 Å². The second-order valence-corrected chi connectivity index (χ2v) is 9.76. The Balaban J connectivity index is 1.54. The first kappa shape index (κ1) is 29.8. The predicted molar refractivity (Wildman–Crippen MR) is 161 cm³/mol. The minimum atomic E-state index is -0.948. The third kappa shape index (κ3) is 8.17. The summed E-state index contributed by atoms with van der Waals surface area (Å²) in [6.45, 7) is 1.89. The molecule has 4 rings (SSSR count). The first-order valence-electron chi connectivity index (χ1n) is 13.8. The largest absolute Gasteiger partial charge is 0.463 e. The van der Waals surface area contributed by atoms with E-state index in [0.29, 0.717) is 5.69 Å².